The Bertz CT molecular complexity index is 302. The molecule has 0 aromatic heterocycles. The molecule has 0 aromatic rings. The summed E-state index contributed by atoms with van der Waals surface area (Å²) in [6.07, 6.45) is 14.3. The van der Waals surface area contributed by atoms with E-state index in [1.807, 2.05) is 0 Å². The number of ether oxygens (including phenoxy) is 3. The second-order valence-corrected chi connectivity index (χ2v) is 10.6. The Labute approximate surface area is 187 Å². The molecule has 0 unspecified atom stereocenters. The Kier molecular flexibility index (Phi) is 23.6. The lowest BCUT2D eigenvalue weighted by atomic mass is 10.1. The number of hydrogen-bond acceptors (Lipinski definition) is 6. The molecule has 0 bridgehead atoms. The van der Waals surface area contributed by atoms with Gasteiger partial charge in [0.15, 0.2) is 0 Å². The number of unbranched alkanes of at least 4 members (excludes halogenated alkanes) is 8. The monoisotopic (exact) mass is 450 g/mol. The van der Waals surface area contributed by atoms with Gasteiger partial charge in [-0.3, -0.25) is 0 Å². The van der Waals surface area contributed by atoms with Crippen LogP contribution in [0.1, 0.15) is 84.0 Å². The van der Waals surface area contributed by atoms with Crippen LogP contribution in [0.15, 0.2) is 0 Å². The number of rotatable bonds is 25. The smallest absolute Gasteiger partial charge is 0.385 e. The summed E-state index contributed by atoms with van der Waals surface area (Å²) < 4.78 is 34.4. The third kappa shape index (κ3) is 18.7. The fourth-order valence-electron chi connectivity index (χ4n) is 3.29. The summed E-state index contributed by atoms with van der Waals surface area (Å²) in [4.78, 5) is 0. The molecule has 0 aliphatic heterocycles. The number of methoxy groups -OCH3 is 3. The average Bonchev–Trinajstić information content (AvgIpc) is 2.76. The van der Waals surface area contributed by atoms with Gasteiger partial charge in [-0.25, -0.2) is 0 Å². The van der Waals surface area contributed by atoms with E-state index in [0.717, 1.165) is 31.7 Å². The van der Waals surface area contributed by atoms with Crippen molar-refractivity contribution in [3.63, 3.8) is 0 Å². The zero-order chi connectivity index (χ0) is 22.2. The zero-order valence-corrected chi connectivity index (χ0v) is 21.4. The summed E-state index contributed by atoms with van der Waals surface area (Å²) in [5.41, 5.74) is 0. The van der Waals surface area contributed by atoms with Crippen molar-refractivity contribution in [2.24, 2.45) is 0 Å². The molecule has 0 saturated carbocycles. The Balaban J connectivity index is 4.50. The molecule has 7 heteroatoms. The van der Waals surface area contributed by atoms with Crippen molar-refractivity contribution in [1.82, 2.24) is 0 Å². The predicted molar refractivity (Wildman–Crippen MR) is 125 cm³/mol. The molecule has 0 N–H and O–H groups in total. The van der Waals surface area contributed by atoms with E-state index in [9.17, 15) is 0 Å². The van der Waals surface area contributed by atoms with Crippen LogP contribution in [0.25, 0.3) is 0 Å². The first-order valence-corrected chi connectivity index (χ1v) is 14.1. The van der Waals surface area contributed by atoms with Gasteiger partial charge in [-0.05, 0) is 25.7 Å². The topological polar surface area (TPSA) is 55.4 Å². The lowest BCUT2D eigenvalue weighted by Gasteiger charge is -2.30. The highest BCUT2D eigenvalue weighted by Crippen LogP contribution is 2.22. The van der Waals surface area contributed by atoms with E-state index in [1.54, 1.807) is 21.3 Å². The minimum Gasteiger partial charge on any atom is -0.385 e. The lowest BCUT2D eigenvalue weighted by molar-refractivity contribution is 0.0409. The second kappa shape index (κ2) is 23.6. The molecule has 0 aromatic carbocycles. The minimum absolute atomic E-state index is 0.617. The van der Waals surface area contributed by atoms with E-state index < -0.39 is 8.80 Å². The molecule has 0 aliphatic carbocycles. The maximum atomic E-state index is 6.30. The first kappa shape index (κ1) is 30.0. The molecule has 0 heterocycles. The molecule has 0 saturated heterocycles. The van der Waals surface area contributed by atoms with Crippen LogP contribution < -0.4 is 0 Å². The van der Waals surface area contributed by atoms with Crippen molar-refractivity contribution in [2.45, 2.75) is 90.0 Å². The molecule has 0 rings (SSSR count). The number of hydrogen-bond donors (Lipinski definition) is 0. The van der Waals surface area contributed by atoms with Crippen LogP contribution in [0, 0.1) is 0 Å². The van der Waals surface area contributed by atoms with Gasteiger partial charge < -0.3 is 27.5 Å². The summed E-state index contributed by atoms with van der Waals surface area (Å²) in [6.45, 7) is 6.19. The van der Waals surface area contributed by atoms with Crippen molar-refractivity contribution >= 4 is 8.80 Å². The van der Waals surface area contributed by atoms with Crippen LogP contribution in [0.4, 0.5) is 0 Å². The Hall–Kier alpha value is -0.0231. The van der Waals surface area contributed by atoms with Crippen LogP contribution in [-0.4, -0.2) is 69.8 Å². The van der Waals surface area contributed by atoms with E-state index in [4.69, 9.17) is 27.5 Å². The van der Waals surface area contributed by atoms with E-state index in [2.05, 4.69) is 6.92 Å². The van der Waals surface area contributed by atoms with Crippen molar-refractivity contribution in [3.8, 4) is 0 Å². The summed E-state index contributed by atoms with van der Waals surface area (Å²) >= 11 is 0. The van der Waals surface area contributed by atoms with Crippen molar-refractivity contribution in [3.05, 3.63) is 0 Å². The molecule has 0 spiro atoms. The molecule has 182 valence electrons. The van der Waals surface area contributed by atoms with Gasteiger partial charge in [0, 0.05) is 67.0 Å². The molecule has 30 heavy (non-hydrogen) atoms. The van der Waals surface area contributed by atoms with Gasteiger partial charge in [0.25, 0.3) is 0 Å². The maximum absolute atomic E-state index is 6.30. The maximum Gasteiger partial charge on any atom is 0.500 e. The van der Waals surface area contributed by atoms with Crippen LogP contribution in [0.5, 0.6) is 0 Å². The summed E-state index contributed by atoms with van der Waals surface area (Å²) in [6, 6.07) is 0.885. The first-order chi connectivity index (χ1) is 14.7. The molecular weight excluding hydrogens is 400 g/mol. The van der Waals surface area contributed by atoms with Crippen molar-refractivity contribution < 1.29 is 27.5 Å². The van der Waals surface area contributed by atoms with E-state index in [-0.39, 0.29) is 0 Å². The average molecular weight is 451 g/mol. The highest BCUT2D eigenvalue weighted by atomic mass is 28.4. The lowest BCUT2D eigenvalue weighted by Crippen LogP contribution is -2.47. The predicted octanol–water partition coefficient (Wildman–Crippen LogP) is 5.62. The normalized spacial score (nSPS) is 12.0. The van der Waals surface area contributed by atoms with Crippen molar-refractivity contribution in [2.75, 3.05) is 61.0 Å². The quantitative estimate of drug-likeness (QED) is 0.133. The zero-order valence-electron chi connectivity index (χ0n) is 20.4. The van der Waals surface area contributed by atoms with Gasteiger partial charge in [0.1, 0.15) is 0 Å². The van der Waals surface area contributed by atoms with Gasteiger partial charge in [-0.15, -0.1) is 0 Å². The fraction of sp³-hybridized carbons (Fsp3) is 1.00. The SMILES string of the molecule is CCCCCCCCCCC[Si](OCCCOC)(OCCCOC)OCCCOC. The standard InChI is InChI=1S/C23H50O6Si/c1-5-6-7-8-9-10-11-12-13-23-30(27-20-14-17-24-2,28-21-15-18-25-3)29-22-16-19-26-4/h5-23H2,1-4H3. The largest absolute Gasteiger partial charge is 0.500 e. The third-order valence-corrected chi connectivity index (χ3v) is 7.93. The van der Waals surface area contributed by atoms with E-state index >= 15 is 0 Å². The Morgan fingerprint density at radius 2 is 0.800 bits per heavy atom. The molecule has 6 nitrogen and oxygen atoms in total. The van der Waals surface area contributed by atoms with Crippen LogP contribution in [0.2, 0.25) is 6.04 Å². The van der Waals surface area contributed by atoms with Crippen LogP contribution >= 0.6 is 0 Å². The fourth-order valence-corrected chi connectivity index (χ4v) is 6.02. The molecule has 0 fully saturated rings. The van der Waals surface area contributed by atoms with Crippen LogP contribution in [0.3, 0.4) is 0 Å². The highest BCUT2D eigenvalue weighted by Gasteiger charge is 2.40. The third-order valence-electron chi connectivity index (χ3n) is 5.03. The van der Waals surface area contributed by atoms with E-state index in [1.165, 1.54) is 51.4 Å². The van der Waals surface area contributed by atoms with Gasteiger partial charge in [0.05, 0.1) is 0 Å². The summed E-state index contributed by atoms with van der Waals surface area (Å²) in [5, 5.41) is 0. The highest BCUT2D eigenvalue weighted by molar-refractivity contribution is 6.60. The molecule has 0 radical (unpaired) electrons. The van der Waals surface area contributed by atoms with Crippen molar-refractivity contribution in [1.29, 1.82) is 0 Å². The van der Waals surface area contributed by atoms with Crippen LogP contribution in [-0.2, 0) is 27.5 Å². The van der Waals surface area contributed by atoms with Gasteiger partial charge in [0.2, 0.25) is 0 Å². The molecular formula is C23H50O6Si. The molecule has 0 amide bonds. The van der Waals surface area contributed by atoms with Gasteiger partial charge in [-0.1, -0.05) is 58.3 Å². The summed E-state index contributed by atoms with van der Waals surface area (Å²) in [5.74, 6) is 0. The van der Waals surface area contributed by atoms with E-state index in [0.29, 0.717) is 39.6 Å². The molecule has 0 aliphatic rings. The second-order valence-electron chi connectivity index (χ2n) is 7.85. The minimum atomic E-state index is -2.70. The Morgan fingerprint density at radius 3 is 1.17 bits per heavy atom. The Morgan fingerprint density at radius 1 is 0.433 bits per heavy atom. The van der Waals surface area contributed by atoms with Gasteiger partial charge >= 0.3 is 8.80 Å². The summed E-state index contributed by atoms with van der Waals surface area (Å²) in [7, 11) is 2.45. The first-order valence-electron chi connectivity index (χ1n) is 12.1. The molecule has 0 atom stereocenters. The van der Waals surface area contributed by atoms with Gasteiger partial charge in [-0.2, -0.15) is 0 Å².